The van der Waals surface area contributed by atoms with E-state index in [1.807, 2.05) is 0 Å². The molecule has 1 unspecified atom stereocenters. The Morgan fingerprint density at radius 3 is 1.20 bits per heavy atom. The molecule has 0 bridgehead atoms. The molecule has 14 rings (SSSR count). The molecule has 0 heterocycles. The van der Waals surface area contributed by atoms with Crippen molar-refractivity contribution in [2.45, 2.75) is 11.3 Å². The summed E-state index contributed by atoms with van der Waals surface area (Å²) in [5, 5.41) is 0. The quantitative estimate of drug-likeness (QED) is 0.150. The first kappa shape index (κ1) is 40.1. The molecule has 3 aliphatic rings. The van der Waals surface area contributed by atoms with Crippen LogP contribution in [0.3, 0.4) is 0 Å². The van der Waals surface area contributed by atoms with Crippen molar-refractivity contribution in [2.24, 2.45) is 0 Å². The monoisotopic (exact) mass is 890 g/mol. The molecule has 0 saturated carbocycles. The highest BCUT2D eigenvalue weighted by molar-refractivity contribution is 5.96. The molecule has 2 nitrogen and oxygen atoms in total. The fourth-order valence-corrected chi connectivity index (χ4v) is 12.3. The maximum atomic E-state index is 2.52. The second-order valence-electron chi connectivity index (χ2n) is 18.8. The Labute approximate surface area is 409 Å². The molecule has 11 aromatic carbocycles. The van der Waals surface area contributed by atoms with Crippen molar-refractivity contribution in [1.82, 2.24) is 0 Å². The lowest BCUT2D eigenvalue weighted by molar-refractivity contribution is 0.704. The van der Waals surface area contributed by atoms with Crippen LogP contribution >= 0.6 is 0 Å². The molecular formula is C68H46N2. The Hall–Kier alpha value is -8.98. The summed E-state index contributed by atoms with van der Waals surface area (Å²) in [4.78, 5) is 4.88. The lowest BCUT2D eigenvalue weighted by Crippen LogP contribution is -2.35. The lowest BCUT2D eigenvalue weighted by Gasteiger charge is -2.43. The largest absolute Gasteiger partial charge is 0.310 e. The van der Waals surface area contributed by atoms with Gasteiger partial charge in [0.25, 0.3) is 0 Å². The minimum absolute atomic E-state index is 0.131. The number of rotatable bonds is 8. The van der Waals surface area contributed by atoms with Crippen LogP contribution in [0.2, 0.25) is 0 Å². The van der Waals surface area contributed by atoms with Crippen molar-refractivity contribution in [3.63, 3.8) is 0 Å². The van der Waals surface area contributed by atoms with Crippen molar-refractivity contribution in [3.8, 4) is 44.5 Å². The van der Waals surface area contributed by atoms with Crippen LogP contribution in [0, 0.1) is 0 Å². The lowest BCUT2D eigenvalue weighted by atomic mass is 9.59. The molecule has 0 aliphatic heterocycles. The van der Waals surface area contributed by atoms with Crippen molar-refractivity contribution >= 4 is 34.1 Å². The number of hydrogen-bond acceptors (Lipinski definition) is 2. The summed E-state index contributed by atoms with van der Waals surface area (Å²) < 4.78 is 0. The molecule has 0 N–H and O–H groups in total. The molecule has 0 aromatic heterocycles. The number of para-hydroxylation sites is 2. The fourth-order valence-electron chi connectivity index (χ4n) is 12.3. The smallest absolute Gasteiger partial charge is 0.0721 e. The zero-order valence-electron chi connectivity index (χ0n) is 38.5. The van der Waals surface area contributed by atoms with Gasteiger partial charge in [0.15, 0.2) is 0 Å². The first-order valence-corrected chi connectivity index (χ1v) is 24.4. The average molecular weight is 891 g/mol. The van der Waals surface area contributed by atoms with E-state index in [1.165, 1.54) is 83.5 Å². The molecule has 3 aliphatic carbocycles. The van der Waals surface area contributed by atoms with Crippen LogP contribution in [-0.4, -0.2) is 0 Å². The van der Waals surface area contributed by atoms with Crippen LogP contribution in [0.25, 0.3) is 44.5 Å². The number of hydrogen-bond donors (Lipinski definition) is 0. The van der Waals surface area contributed by atoms with Gasteiger partial charge >= 0.3 is 0 Å². The highest BCUT2D eigenvalue weighted by atomic mass is 15.1. The van der Waals surface area contributed by atoms with Gasteiger partial charge in [-0.25, -0.2) is 0 Å². The van der Waals surface area contributed by atoms with Crippen LogP contribution in [0.1, 0.15) is 44.9 Å². The normalized spacial score (nSPS) is 14.0. The molecule has 0 amide bonds. The van der Waals surface area contributed by atoms with E-state index in [1.54, 1.807) is 0 Å². The van der Waals surface area contributed by atoms with Crippen LogP contribution < -0.4 is 9.80 Å². The van der Waals surface area contributed by atoms with Crippen LogP contribution in [0.15, 0.2) is 273 Å². The van der Waals surface area contributed by atoms with Crippen molar-refractivity contribution < 1.29 is 0 Å². The fraction of sp³-hybridized carbons (Fsp3) is 0.0294. The summed E-state index contributed by atoms with van der Waals surface area (Å²) in [6.45, 7) is 0. The Bertz CT molecular complexity index is 3610. The Morgan fingerprint density at radius 1 is 0.243 bits per heavy atom. The second-order valence-corrected chi connectivity index (χ2v) is 18.8. The molecule has 0 radical (unpaired) electrons. The van der Waals surface area contributed by atoms with E-state index in [0.717, 1.165) is 34.1 Å². The van der Waals surface area contributed by atoms with Crippen molar-refractivity contribution in [2.75, 3.05) is 9.80 Å². The number of nitrogens with zero attached hydrogens (tertiary/aromatic N) is 2. The maximum absolute atomic E-state index is 2.52. The molecule has 0 saturated heterocycles. The third-order valence-electron chi connectivity index (χ3n) is 15.1. The molecule has 70 heavy (non-hydrogen) atoms. The van der Waals surface area contributed by atoms with Crippen molar-refractivity contribution in [1.29, 1.82) is 0 Å². The summed E-state index contributed by atoms with van der Waals surface area (Å²) in [6, 6.07) is 101. The molecule has 11 aromatic rings. The third-order valence-corrected chi connectivity index (χ3v) is 15.1. The Morgan fingerprint density at radius 2 is 0.643 bits per heavy atom. The third kappa shape index (κ3) is 6.06. The summed E-state index contributed by atoms with van der Waals surface area (Å²) in [7, 11) is 0. The SMILES string of the molecule is c1ccc(-c2cccc(N(c3ccccc3)c3ccc4c(c3)C3(c5cc(N(c6ccccc6)c6cccc(-c7ccccc7)c6)ccc5-4)c4ccccc4C4c5ccccc5-c5cccc3c54)c2)cc1. The standard InChI is InChI=1S/C68H46N2/c1-5-20-46(21-6-1)48-24-17-30-52(42-48)69(50-26-9-3-10-27-50)54-38-40-57-58-41-39-55(70(51-28-11-4-12-29-51)53-31-18-25-49(43-53)47-22-7-2-8-23-47)45-65(58)68(64(57)44-54)62-36-16-15-34-61(62)66-59-33-14-13-32-56(59)60-35-19-37-63(68)67(60)66/h1-45,66H. The van der Waals surface area contributed by atoms with E-state index < -0.39 is 5.41 Å². The molecule has 1 atom stereocenters. The van der Waals surface area contributed by atoms with Gasteiger partial charge in [-0.1, -0.05) is 200 Å². The number of fused-ring (bicyclic) bond motifs is 12. The van der Waals surface area contributed by atoms with E-state index >= 15 is 0 Å². The molecule has 0 fully saturated rings. The van der Waals surface area contributed by atoms with E-state index in [4.69, 9.17) is 0 Å². The molecule has 328 valence electrons. The Kier molecular flexibility index (Phi) is 9.22. The molecule has 1 spiro atoms. The van der Waals surface area contributed by atoms with Crippen LogP contribution in [-0.2, 0) is 5.41 Å². The highest BCUT2D eigenvalue weighted by Gasteiger charge is 2.54. The van der Waals surface area contributed by atoms with Gasteiger partial charge in [0.2, 0.25) is 0 Å². The van der Waals surface area contributed by atoms with E-state index in [0.29, 0.717) is 0 Å². The number of benzene rings is 11. The number of anilines is 6. The first-order valence-electron chi connectivity index (χ1n) is 24.4. The molecular weight excluding hydrogens is 845 g/mol. The van der Waals surface area contributed by atoms with Gasteiger partial charge in [-0.3, -0.25) is 0 Å². The van der Waals surface area contributed by atoms with Gasteiger partial charge in [0.1, 0.15) is 0 Å². The maximum Gasteiger partial charge on any atom is 0.0721 e. The predicted octanol–water partition coefficient (Wildman–Crippen LogP) is 17.8. The van der Waals surface area contributed by atoms with E-state index in [2.05, 4.69) is 283 Å². The summed E-state index contributed by atoms with van der Waals surface area (Å²) >= 11 is 0. The van der Waals surface area contributed by atoms with Gasteiger partial charge in [-0.05, 0) is 156 Å². The summed E-state index contributed by atoms with van der Waals surface area (Å²) in [5.74, 6) is 0.131. The highest BCUT2D eigenvalue weighted by Crippen LogP contribution is 2.66. The zero-order chi connectivity index (χ0) is 46.2. The second kappa shape index (κ2) is 16.1. The van der Waals surface area contributed by atoms with Gasteiger partial charge in [0.05, 0.1) is 5.41 Å². The minimum Gasteiger partial charge on any atom is -0.310 e. The molecule has 2 heteroatoms. The summed E-state index contributed by atoms with van der Waals surface area (Å²) in [5.41, 5.74) is 25.4. The first-order chi connectivity index (χ1) is 34.7. The van der Waals surface area contributed by atoms with Crippen LogP contribution in [0.5, 0.6) is 0 Å². The topological polar surface area (TPSA) is 6.48 Å². The van der Waals surface area contributed by atoms with E-state index in [9.17, 15) is 0 Å². The van der Waals surface area contributed by atoms with Gasteiger partial charge < -0.3 is 9.80 Å². The Balaban J connectivity index is 1.04. The van der Waals surface area contributed by atoms with Gasteiger partial charge in [-0.15, -0.1) is 0 Å². The van der Waals surface area contributed by atoms with Crippen LogP contribution in [0.4, 0.5) is 34.1 Å². The average Bonchev–Trinajstić information content (AvgIpc) is 3.94. The predicted molar refractivity (Wildman–Crippen MR) is 290 cm³/mol. The minimum atomic E-state index is -0.653. The van der Waals surface area contributed by atoms with Gasteiger partial charge in [0, 0.05) is 40.0 Å². The summed E-state index contributed by atoms with van der Waals surface area (Å²) in [6.07, 6.45) is 0. The van der Waals surface area contributed by atoms with E-state index in [-0.39, 0.29) is 5.92 Å². The van der Waals surface area contributed by atoms with Gasteiger partial charge in [-0.2, -0.15) is 0 Å². The van der Waals surface area contributed by atoms with Crippen molar-refractivity contribution in [3.05, 3.63) is 312 Å². The zero-order valence-corrected chi connectivity index (χ0v) is 38.5.